The predicted octanol–water partition coefficient (Wildman–Crippen LogP) is 3.56. The fraction of sp³-hybridized carbons (Fsp3) is 0.143. The first-order valence-electron chi connectivity index (χ1n) is 6.06. The van der Waals surface area contributed by atoms with Crippen LogP contribution in [0.2, 0.25) is 5.02 Å². The molecule has 0 aliphatic carbocycles. The molecule has 0 spiro atoms. The Balaban J connectivity index is 2.19. The average Bonchev–Trinajstić information content (AvgIpc) is 2.43. The molecular weight excluding hydrogens is 281 g/mol. The van der Waals surface area contributed by atoms with Crippen LogP contribution in [0.4, 0.5) is 15.9 Å². The molecule has 0 aliphatic heterocycles. The smallest absolute Gasteiger partial charge is 0.255 e. The highest BCUT2D eigenvalue weighted by atomic mass is 35.5. The summed E-state index contributed by atoms with van der Waals surface area (Å²) < 4.78 is 13.1. The van der Waals surface area contributed by atoms with Crippen LogP contribution in [-0.2, 0) is 0 Å². The molecule has 2 rings (SSSR count). The largest absolute Gasteiger partial charge is 0.370 e. The number of hydrogen-bond donors (Lipinski definition) is 2. The Morgan fingerprint density at radius 2 is 2.15 bits per heavy atom. The molecule has 2 aromatic rings. The van der Waals surface area contributed by atoms with Gasteiger partial charge in [0.1, 0.15) is 11.6 Å². The van der Waals surface area contributed by atoms with Gasteiger partial charge >= 0.3 is 0 Å². The maximum Gasteiger partial charge on any atom is 0.255 e. The number of halogens is 2. The summed E-state index contributed by atoms with van der Waals surface area (Å²) in [4.78, 5) is 16.2. The lowest BCUT2D eigenvalue weighted by molar-refractivity contribution is 0.102. The standard InChI is InChI=1S/C14H13ClFN3O/c1-2-17-13-7-9(5-6-18-13)14(20)19-12-8-10(16)3-4-11(12)15/h3-8H,2H2,1H3,(H,17,18)(H,19,20). The summed E-state index contributed by atoms with van der Waals surface area (Å²) in [5, 5.41) is 5.86. The first-order chi connectivity index (χ1) is 9.60. The molecule has 0 unspecified atom stereocenters. The molecule has 0 saturated carbocycles. The van der Waals surface area contributed by atoms with E-state index in [1.54, 1.807) is 12.1 Å². The van der Waals surface area contributed by atoms with Crippen LogP contribution in [0.25, 0.3) is 0 Å². The lowest BCUT2D eigenvalue weighted by Gasteiger charge is -2.08. The Morgan fingerprint density at radius 1 is 1.35 bits per heavy atom. The van der Waals surface area contributed by atoms with Crippen molar-refractivity contribution in [1.82, 2.24) is 4.98 Å². The van der Waals surface area contributed by atoms with Crippen molar-refractivity contribution in [3.63, 3.8) is 0 Å². The highest BCUT2D eigenvalue weighted by Gasteiger charge is 2.10. The molecule has 4 nitrogen and oxygen atoms in total. The summed E-state index contributed by atoms with van der Waals surface area (Å²) in [5.41, 5.74) is 0.648. The van der Waals surface area contributed by atoms with Gasteiger partial charge in [-0.25, -0.2) is 9.37 Å². The van der Waals surface area contributed by atoms with Crippen molar-refractivity contribution in [1.29, 1.82) is 0 Å². The van der Waals surface area contributed by atoms with E-state index < -0.39 is 5.82 Å². The fourth-order valence-corrected chi connectivity index (χ4v) is 1.80. The molecule has 0 bridgehead atoms. The molecule has 1 heterocycles. The number of anilines is 2. The third-order valence-electron chi connectivity index (χ3n) is 2.56. The maximum absolute atomic E-state index is 13.1. The molecule has 104 valence electrons. The van der Waals surface area contributed by atoms with Gasteiger partial charge in [0.15, 0.2) is 0 Å². The summed E-state index contributed by atoms with van der Waals surface area (Å²) in [6.07, 6.45) is 1.53. The number of carbonyl (C=O) groups excluding carboxylic acids is 1. The van der Waals surface area contributed by atoms with Crippen molar-refractivity contribution in [3.8, 4) is 0 Å². The summed E-state index contributed by atoms with van der Waals surface area (Å²) in [5.74, 6) is -0.239. The van der Waals surface area contributed by atoms with Crippen LogP contribution in [0.5, 0.6) is 0 Å². The number of amides is 1. The highest BCUT2D eigenvalue weighted by molar-refractivity contribution is 6.33. The van der Waals surface area contributed by atoms with Gasteiger partial charge in [0.2, 0.25) is 0 Å². The zero-order valence-corrected chi connectivity index (χ0v) is 11.5. The zero-order chi connectivity index (χ0) is 14.5. The first kappa shape index (κ1) is 14.3. The third kappa shape index (κ3) is 3.45. The molecule has 0 aliphatic rings. The molecule has 0 atom stereocenters. The number of carbonyl (C=O) groups is 1. The maximum atomic E-state index is 13.1. The van der Waals surface area contributed by atoms with E-state index in [0.717, 1.165) is 0 Å². The number of aromatic nitrogens is 1. The Kier molecular flexibility index (Phi) is 4.53. The molecule has 1 amide bonds. The second-order valence-corrected chi connectivity index (χ2v) is 4.45. The van der Waals surface area contributed by atoms with Crippen molar-refractivity contribution < 1.29 is 9.18 Å². The zero-order valence-electron chi connectivity index (χ0n) is 10.8. The molecule has 0 saturated heterocycles. The fourth-order valence-electron chi connectivity index (χ4n) is 1.64. The minimum Gasteiger partial charge on any atom is -0.370 e. The van der Waals surface area contributed by atoms with Gasteiger partial charge in [-0.3, -0.25) is 4.79 Å². The minimum absolute atomic E-state index is 0.235. The van der Waals surface area contributed by atoms with Gasteiger partial charge in [-0.1, -0.05) is 11.6 Å². The van der Waals surface area contributed by atoms with Gasteiger partial charge in [-0.15, -0.1) is 0 Å². The second kappa shape index (κ2) is 6.34. The Hall–Kier alpha value is -2.14. The van der Waals surface area contributed by atoms with E-state index in [2.05, 4.69) is 15.6 Å². The topological polar surface area (TPSA) is 54.0 Å². The number of nitrogens with one attached hydrogen (secondary N) is 2. The Bertz CT molecular complexity index is 634. The number of hydrogen-bond acceptors (Lipinski definition) is 3. The number of benzene rings is 1. The van der Waals surface area contributed by atoms with Crippen LogP contribution < -0.4 is 10.6 Å². The third-order valence-corrected chi connectivity index (χ3v) is 2.89. The summed E-state index contributed by atoms with van der Waals surface area (Å²) in [6, 6.07) is 6.98. The van der Waals surface area contributed by atoms with Crippen molar-refractivity contribution >= 4 is 29.0 Å². The van der Waals surface area contributed by atoms with E-state index in [4.69, 9.17) is 11.6 Å². The molecular formula is C14H13ClFN3O. The van der Waals surface area contributed by atoms with E-state index in [1.807, 2.05) is 6.92 Å². The summed E-state index contributed by atoms with van der Waals surface area (Å²) in [7, 11) is 0. The lowest BCUT2D eigenvalue weighted by atomic mass is 10.2. The highest BCUT2D eigenvalue weighted by Crippen LogP contribution is 2.23. The predicted molar refractivity (Wildman–Crippen MR) is 77.8 cm³/mol. The van der Waals surface area contributed by atoms with Crippen molar-refractivity contribution in [3.05, 3.63) is 52.9 Å². The number of rotatable bonds is 4. The van der Waals surface area contributed by atoms with Gasteiger partial charge in [-0.2, -0.15) is 0 Å². The van der Waals surface area contributed by atoms with Crippen LogP contribution in [0, 0.1) is 5.82 Å². The van der Waals surface area contributed by atoms with Crippen molar-refractivity contribution in [2.45, 2.75) is 6.92 Å². The van der Waals surface area contributed by atoms with Crippen molar-refractivity contribution in [2.75, 3.05) is 17.2 Å². The molecule has 6 heteroatoms. The second-order valence-electron chi connectivity index (χ2n) is 4.04. The number of nitrogens with zero attached hydrogens (tertiary/aromatic N) is 1. The first-order valence-corrected chi connectivity index (χ1v) is 6.44. The van der Waals surface area contributed by atoms with Crippen LogP contribution in [0.3, 0.4) is 0 Å². The molecule has 0 fully saturated rings. The van der Waals surface area contributed by atoms with E-state index >= 15 is 0 Å². The van der Waals surface area contributed by atoms with Gasteiger partial charge in [-0.05, 0) is 37.3 Å². The molecule has 0 radical (unpaired) electrons. The van der Waals surface area contributed by atoms with Crippen molar-refractivity contribution in [2.24, 2.45) is 0 Å². The quantitative estimate of drug-likeness (QED) is 0.906. The molecule has 1 aromatic carbocycles. The SMILES string of the molecule is CCNc1cc(C(=O)Nc2cc(F)ccc2Cl)ccn1. The molecule has 1 aromatic heterocycles. The van der Waals surface area contributed by atoms with Crippen LogP contribution in [0.15, 0.2) is 36.5 Å². The normalized spacial score (nSPS) is 10.2. The Morgan fingerprint density at radius 3 is 2.90 bits per heavy atom. The molecule has 20 heavy (non-hydrogen) atoms. The van der Waals surface area contributed by atoms with Gasteiger partial charge in [0, 0.05) is 18.3 Å². The van der Waals surface area contributed by atoms with E-state index in [9.17, 15) is 9.18 Å². The van der Waals surface area contributed by atoms with Crippen LogP contribution >= 0.6 is 11.6 Å². The van der Waals surface area contributed by atoms with Crippen LogP contribution in [-0.4, -0.2) is 17.4 Å². The van der Waals surface area contributed by atoms with Gasteiger partial charge < -0.3 is 10.6 Å². The average molecular weight is 294 g/mol. The summed E-state index contributed by atoms with van der Waals surface area (Å²) in [6.45, 7) is 2.63. The van der Waals surface area contributed by atoms with Crippen LogP contribution in [0.1, 0.15) is 17.3 Å². The molecule has 2 N–H and O–H groups in total. The van der Waals surface area contributed by atoms with E-state index in [1.165, 1.54) is 24.4 Å². The van der Waals surface area contributed by atoms with E-state index in [0.29, 0.717) is 17.9 Å². The Labute approximate surface area is 121 Å². The summed E-state index contributed by atoms with van der Waals surface area (Å²) >= 11 is 5.90. The lowest BCUT2D eigenvalue weighted by Crippen LogP contribution is -2.13. The van der Waals surface area contributed by atoms with Gasteiger partial charge in [0.25, 0.3) is 5.91 Å². The monoisotopic (exact) mass is 293 g/mol. The minimum atomic E-state index is -0.465. The van der Waals surface area contributed by atoms with Gasteiger partial charge in [0.05, 0.1) is 10.7 Å². The van der Waals surface area contributed by atoms with E-state index in [-0.39, 0.29) is 16.6 Å². The number of pyridine rings is 1.